The summed E-state index contributed by atoms with van der Waals surface area (Å²) in [4.78, 5) is 0.878. The third-order valence-electron chi connectivity index (χ3n) is 2.86. The zero-order valence-electron chi connectivity index (χ0n) is 12.3. The standard InChI is InChI=1S/C17H18O2S3/c1-19-16-10-8-15(9-11-16)14-21-20-12-5-13-22(18)17-6-3-2-4-7-17/h2-12H,13-14H2,1H3/b12-5+. The van der Waals surface area contributed by atoms with E-state index >= 15 is 0 Å². The molecule has 1 atom stereocenters. The van der Waals surface area contributed by atoms with Gasteiger partial charge in [0.2, 0.25) is 0 Å². The molecule has 0 radical (unpaired) electrons. The molecule has 0 aromatic heterocycles. The first-order valence-corrected chi connectivity index (χ1v) is 10.5. The van der Waals surface area contributed by atoms with Gasteiger partial charge in [0.25, 0.3) is 0 Å². The fraction of sp³-hybridized carbons (Fsp3) is 0.176. The molecule has 0 saturated heterocycles. The molecule has 0 aliphatic carbocycles. The van der Waals surface area contributed by atoms with E-state index in [1.165, 1.54) is 5.56 Å². The van der Waals surface area contributed by atoms with Crippen LogP contribution in [0.3, 0.4) is 0 Å². The Labute approximate surface area is 142 Å². The first-order chi connectivity index (χ1) is 10.8. The molecule has 2 aromatic rings. The molecular weight excluding hydrogens is 332 g/mol. The van der Waals surface area contributed by atoms with Crippen LogP contribution in [0.15, 0.2) is 71.0 Å². The molecule has 1 unspecified atom stereocenters. The summed E-state index contributed by atoms with van der Waals surface area (Å²) in [5, 5.41) is 2.01. The van der Waals surface area contributed by atoms with Gasteiger partial charge >= 0.3 is 0 Å². The third-order valence-corrected chi connectivity index (χ3v) is 6.14. The van der Waals surface area contributed by atoms with Gasteiger partial charge in [0.15, 0.2) is 4.90 Å². The number of methoxy groups -OCH3 is 1. The van der Waals surface area contributed by atoms with Gasteiger partial charge in [0.1, 0.15) is 11.5 Å². The Morgan fingerprint density at radius 3 is 2.50 bits per heavy atom. The quantitative estimate of drug-likeness (QED) is 0.385. The number of hydrogen-bond acceptors (Lipinski definition) is 4. The number of benzene rings is 2. The maximum absolute atomic E-state index is 12.0. The minimum atomic E-state index is -0.952. The zero-order valence-corrected chi connectivity index (χ0v) is 14.8. The second-order valence-electron chi connectivity index (χ2n) is 4.40. The molecule has 2 rings (SSSR count). The molecule has 0 amide bonds. The van der Waals surface area contributed by atoms with Crippen LogP contribution >= 0.6 is 21.6 Å². The highest BCUT2D eigenvalue weighted by Gasteiger charge is 2.06. The van der Waals surface area contributed by atoms with Crippen molar-refractivity contribution in [3.63, 3.8) is 0 Å². The van der Waals surface area contributed by atoms with E-state index < -0.39 is 11.2 Å². The maximum atomic E-state index is 12.0. The van der Waals surface area contributed by atoms with E-state index in [4.69, 9.17) is 4.74 Å². The molecule has 0 aliphatic heterocycles. The van der Waals surface area contributed by atoms with E-state index in [2.05, 4.69) is 12.1 Å². The molecule has 0 fully saturated rings. The van der Waals surface area contributed by atoms with E-state index in [0.717, 1.165) is 16.4 Å². The van der Waals surface area contributed by atoms with Crippen molar-refractivity contribution in [3.8, 4) is 5.75 Å². The van der Waals surface area contributed by atoms with Crippen molar-refractivity contribution in [2.24, 2.45) is 0 Å². The van der Waals surface area contributed by atoms with Gasteiger partial charge in [-0.15, -0.1) is 0 Å². The van der Waals surface area contributed by atoms with Gasteiger partial charge < -0.3 is 9.29 Å². The summed E-state index contributed by atoms with van der Waals surface area (Å²) in [5.41, 5.74) is 1.26. The lowest BCUT2D eigenvalue weighted by molar-refractivity contribution is 0.414. The van der Waals surface area contributed by atoms with Crippen LogP contribution in [0.1, 0.15) is 5.56 Å². The van der Waals surface area contributed by atoms with Crippen LogP contribution < -0.4 is 4.74 Å². The fourth-order valence-electron chi connectivity index (χ4n) is 1.70. The largest absolute Gasteiger partial charge is 0.611 e. The topological polar surface area (TPSA) is 32.3 Å². The van der Waals surface area contributed by atoms with Crippen molar-refractivity contribution in [2.75, 3.05) is 12.9 Å². The number of rotatable bonds is 8. The number of hydrogen-bond donors (Lipinski definition) is 0. The molecule has 0 N–H and O–H groups in total. The highest BCUT2D eigenvalue weighted by molar-refractivity contribution is 8.77. The molecule has 5 heteroatoms. The van der Waals surface area contributed by atoms with Crippen molar-refractivity contribution in [2.45, 2.75) is 10.6 Å². The fourth-order valence-corrected chi connectivity index (χ4v) is 4.48. The lowest BCUT2D eigenvalue weighted by Gasteiger charge is -2.07. The summed E-state index contributed by atoms with van der Waals surface area (Å²) in [6.07, 6.45) is 1.97. The Hall–Kier alpha value is -1.01. The molecule has 2 nitrogen and oxygen atoms in total. The average molecular weight is 351 g/mol. The second kappa shape index (κ2) is 9.90. The van der Waals surface area contributed by atoms with E-state index in [-0.39, 0.29) is 0 Å². The van der Waals surface area contributed by atoms with Gasteiger partial charge in [-0.2, -0.15) is 0 Å². The van der Waals surface area contributed by atoms with Crippen molar-refractivity contribution >= 4 is 32.8 Å². The summed E-state index contributed by atoms with van der Waals surface area (Å²) >= 11 is -0.952. The molecule has 0 saturated carbocycles. The Kier molecular flexibility index (Phi) is 7.80. The molecule has 0 aliphatic rings. The third kappa shape index (κ3) is 6.01. The van der Waals surface area contributed by atoms with Gasteiger partial charge in [0, 0.05) is 5.75 Å². The van der Waals surface area contributed by atoms with Crippen LogP contribution in [0.4, 0.5) is 0 Å². The van der Waals surface area contributed by atoms with E-state index in [1.807, 2.05) is 53.9 Å². The van der Waals surface area contributed by atoms with Gasteiger partial charge in [0.05, 0.1) is 7.11 Å². The SMILES string of the molecule is COc1ccc(CSS/C=C/C[S+]([O-])c2ccccc2)cc1. The highest BCUT2D eigenvalue weighted by atomic mass is 33.1. The first-order valence-electron chi connectivity index (χ1n) is 6.79. The summed E-state index contributed by atoms with van der Waals surface area (Å²) in [6.45, 7) is 0. The Balaban J connectivity index is 1.65. The summed E-state index contributed by atoms with van der Waals surface area (Å²) in [5.74, 6) is 2.37. The molecule has 116 valence electrons. The van der Waals surface area contributed by atoms with Crippen molar-refractivity contribution in [1.29, 1.82) is 0 Å². The zero-order chi connectivity index (χ0) is 15.6. The molecule has 0 heterocycles. The second-order valence-corrected chi connectivity index (χ2v) is 8.17. The maximum Gasteiger partial charge on any atom is 0.152 e. The highest BCUT2D eigenvalue weighted by Crippen LogP contribution is 2.27. The Bertz CT molecular complexity index is 570. The smallest absolute Gasteiger partial charge is 0.152 e. The average Bonchev–Trinajstić information content (AvgIpc) is 2.59. The molecule has 22 heavy (non-hydrogen) atoms. The van der Waals surface area contributed by atoms with Crippen LogP contribution in [0.25, 0.3) is 0 Å². The van der Waals surface area contributed by atoms with Crippen LogP contribution in [0.2, 0.25) is 0 Å². The predicted molar refractivity (Wildman–Crippen MR) is 98.7 cm³/mol. The summed E-state index contributed by atoms with van der Waals surface area (Å²) in [6, 6.07) is 17.6. The van der Waals surface area contributed by atoms with Crippen LogP contribution in [-0.2, 0) is 16.9 Å². The van der Waals surface area contributed by atoms with E-state index in [1.54, 1.807) is 28.7 Å². The molecule has 2 aromatic carbocycles. The monoisotopic (exact) mass is 350 g/mol. The number of ether oxygens (including phenoxy) is 1. The molecular formula is C17H18O2S3. The van der Waals surface area contributed by atoms with Crippen molar-refractivity contribution < 1.29 is 9.29 Å². The minimum absolute atomic E-state index is 0.556. The lowest BCUT2D eigenvalue weighted by Crippen LogP contribution is -2.03. The normalized spacial score (nSPS) is 12.5. The van der Waals surface area contributed by atoms with Crippen molar-refractivity contribution in [3.05, 3.63) is 71.6 Å². The first kappa shape index (κ1) is 17.3. The Morgan fingerprint density at radius 2 is 1.82 bits per heavy atom. The van der Waals surface area contributed by atoms with Crippen LogP contribution in [0, 0.1) is 0 Å². The van der Waals surface area contributed by atoms with E-state index in [0.29, 0.717) is 5.75 Å². The predicted octanol–water partition coefficient (Wildman–Crippen LogP) is 4.90. The lowest BCUT2D eigenvalue weighted by atomic mass is 10.2. The summed E-state index contributed by atoms with van der Waals surface area (Å²) in [7, 11) is 5.09. The minimum Gasteiger partial charge on any atom is -0.611 e. The van der Waals surface area contributed by atoms with Crippen LogP contribution in [-0.4, -0.2) is 17.4 Å². The Morgan fingerprint density at radius 1 is 1.09 bits per heavy atom. The molecule has 0 bridgehead atoms. The summed E-state index contributed by atoms with van der Waals surface area (Å²) < 4.78 is 17.1. The van der Waals surface area contributed by atoms with Gasteiger partial charge in [-0.1, -0.05) is 51.9 Å². The van der Waals surface area contributed by atoms with Gasteiger partial charge in [-0.05, 0) is 52.5 Å². The molecule has 0 spiro atoms. The van der Waals surface area contributed by atoms with E-state index in [9.17, 15) is 4.55 Å². The van der Waals surface area contributed by atoms with Crippen molar-refractivity contribution in [1.82, 2.24) is 0 Å². The van der Waals surface area contributed by atoms with Gasteiger partial charge in [-0.3, -0.25) is 0 Å². The van der Waals surface area contributed by atoms with Crippen LogP contribution in [0.5, 0.6) is 5.75 Å². The van der Waals surface area contributed by atoms with Gasteiger partial charge in [-0.25, -0.2) is 0 Å².